The third kappa shape index (κ3) is 0.601. The summed E-state index contributed by atoms with van der Waals surface area (Å²) in [7, 11) is 1.66. The molecule has 2 heteroatoms. The van der Waals surface area contributed by atoms with E-state index in [1.807, 2.05) is 0 Å². The minimum absolute atomic E-state index is 0.574. The highest BCUT2D eigenvalue weighted by Gasteiger charge is 2.17. The van der Waals surface area contributed by atoms with Gasteiger partial charge < -0.3 is 4.74 Å². The Morgan fingerprint density at radius 1 is 1.86 bits per heavy atom. The zero-order valence-electron chi connectivity index (χ0n) is 4.64. The second kappa shape index (κ2) is 1.52. The van der Waals surface area contributed by atoms with Crippen LogP contribution in [0.25, 0.3) is 0 Å². The van der Waals surface area contributed by atoms with Crippen LogP contribution >= 0.6 is 0 Å². The van der Waals surface area contributed by atoms with Gasteiger partial charge in [0.05, 0.1) is 19.6 Å². The lowest BCUT2D eigenvalue weighted by Crippen LogP contribution is -2.25. The molecule has 1 atom stereocenters. The summed E-state index contributed by atoms with van der Waals surface area (Å²) in [5.74, 6) is 1.48. The highest BCUT2D eigenvalue weighted by atomic mass is 16.5. The fourth-order valence-corrected chi connectivity index (χ4v) is 0.614. The van der Waals surface area contributed by atoms with Gasteiger partial charge >= 0.3 is 0 Å². The maximum atomic E-state index is 4.85. The van der Waals surface area contributed by atoms with Gasteiger partial charge in [0.25, 0.3) is 0 Å². The SMILES string of the molecule is COC1=NC[C@@H]1C. The molecule has 0 saturated carbocycles. The first kappa shape index (κ1) is 4.62. The molecule has 0 amide bonds. The monoisotopic (exact) mass is 99.1 g/mol. The van der Waals surface area contributed by atoms with Crippen molar-refractivity contribution >= 4 is 5.90 Å². The van der Waals surface area contributed by atoms with E-state index < -0.39 is 0 Å². The van der Waals surface area contributed by atoms with Gasteiger partial charge in [-0.05, 0) is 0 Å². The van der Waals surface area contributed by atoms with Gasteiger partial charge in [0, 0.05) is 0 Å². The largest absolute Gasteiger partial charge is 0.484 e. The first-order valence-electron chi connectivity index (χ1n) is 2.43. The Bertz CT molecular complexity index is 98.3. The van der Waals surface area contributed by atoms with Crippen molar-refractivity contribution in [3.8, 4) is 0 Å². The second-order valence-electron chi connectivity index (χ2n) is 1.78. The Labute approximate surface area is 43.2 Å². The molecule has 0 bridgehead atoms. The smallest absolute Gasteiger partial charge is 0.187 e. The third-order valence-electron chi connectivity index (χ3n) is 1.15. The molecule has 0 fully saturated rings. The summed E-state index contributed by atoms with van der Waals surface area (Å²) in [6.45, 7) is 3.05. The first-order valence-corrected chi connectivity index (χ1v) is 2.43. The highest BCUT2D eigenvalue weighted by molar-refractivity contribution is 5.82. The average Bonchev–Trinajstić information content (AvgIpc) is 1.65. The minimum Gasteiger partial charge on any atom is -0.484 e. The zero-order chi connectivity index (χ0) is 5.28. The van der Waals surface area contributed by atoms with Crippen LogP contribution in [0.3, 0.4) is 0 Å². The van der Waals surface area contributed by atoms with Gasteiger partial charge in [0.15, 0.2) is 5.90 Å². The van der Waals surface area contributed by atoms with Crippen LogP contribution in [0.2, 0.25) is 0 Å². The summed E-state index contributed by atoms with van der Waals surface area (Å²) >= 11 is 0. The van der Waals surface area contributed by atoms with Gasteiger partial charge in [0.1, 0.15) is 0 Å². The van der Waals surface area contributed by atoms with Crippen molar-refractivity contribution in [2.75, 3.05) is 13.7 Å². The van der Waals surface area contributed by atoms with Crippen LogP contribution in [0.5, 0.6) is 0 Å². The Morgan fingerprint density at radius 2 is 2.57 bits per heavy atom. The molecule has 0 saturated heterocycles. The fourth-order valence-electron chi connectivity index (χ4n) is 0.614. The van der Waals surface area contributed by atoms with Crippen LogP contribution in [-0.4, -0.2) is 19.6 Å². The number of hydrogen-bond donors (Lipinski definition) is 0. The molecular formula is C5H9NO. The Hall–Kier alpha value is -0.530. The molecule has 0 aromatic carbocycles. The maximum absolute atomic E-state index is 4.85. The van der Waals surface area contributed by atoms with Crippen LogP contribution in [0.1, 0.15) is 6.92 Å². The molecule has 0 unspecified atom stereocenters. The lowest BCUT2D eigenvalue weighted by molar-refractivity contribution is 0.348. The van der Waals surface area contributed by atoms with Crippen molar-refractivity contribution in [3.63, 3.8) is 0 Å². The predicted molar refractivity (Wildman–Crippen MR) is 28.5 cm³/mol. The Balaban J connectivity index is 2.41. The number of rotatable bonds is 0. The topological polar surface area (TPSA) is 21.6 Å². The number of hydrogen-bond acceptors (Lipinski definition) is 2. The van der Waals surface area contributed by atoms with Crippen molar-refractivity contribution in [1.82, 2.24) is 0 Å². The van der Waals surface area contributed by atoms with Crippen molar-refractivity contribution < 1.29 is 4.74 Å². The van der Waals surface area contributed by atoms with Crippen LogP contribution < -0.4 is 0 Å². The standard InChI is InChI=1S/C5H9NO/c1-4-3-6-5(4)7-2/h4H,3H2,1-2H3/t4-/m0/s1. The van der Waals surface area contributed by atoms with Gasteiger partial charge in [-0.1, -0.05) is 6.92 Å². The predicted octanol–water partition coefficient (Wildman–Crippen LogP) is 0.681. The van der Waals surface area contributed by atoms with E-state index in [1.54, 1.807) is 7.11 Å². The van der Waals surface area contributed by atoms with Crippen LogP contribution in [0.4, 0.5) is 0 Å². The second-order valence-corrected chi connectivity index (χ2v) is 1.78. The zero-order valence-corrected chi connectivity index (χ0v) is 4.64. The summed E-state index contributed by atoms with van der Waals surface area (Å²) in [6, 6.07) is 0. The highest BCUT2D eigenvalue weighted by Crippen LogP contribution is 2.09. The lowest BCUT2D eigenvalue weighted by atomic mass is 10.1. The summed E-state index contributed by atoms with van der Waals surface area (Å²) in [5.41, 5.74) is 0. The summed E-state index contributed by atoms with van der Waals surface area (Å²) < 4.78 is 4.85. The van der Waals surface area contributed by atoms with Gasteiger partial charge in [-0.25, -0.2) is 0 Å². The number of nitrogens with zero attached hydrogens (tertiary/aromatic N) is 1. The molecule has 1 rings (SSSR count). The molecule has 0 N–H and O–H groups in total. The number of ether oxygens (including phenoxy) is 1. The van der Waals surface area contributed by atoms with Crippen LogP contribution in [0.15, 0.2) is 4.99 Å². The average molecular weight is 99.1 g/mol. The molecule has 0 aliphatic carbocycles. The van der Waals surface area contributed by atoms with Crippen molar-refractivity contribution in [3.05, 3.63) is 0 Å². The minimum atomic E-state index is 0.574. The molecular weight excluding hydrogens is 90.1 g/mol. The van der Waals surface area contributed by atoms with E-state index in [0.717, 1.165) is 12.4 Å². The number of aliphatic imine (C=N–C) groups is 1. The summed E-state index contributed by atoms with van der Waals surface area (Å²) in [4.78, 5) is 3.96. The normalized spacial score (nSPS) is 28.3. The van der Waals surface area contributed by atoms with E-state index in [-0.39, 0.29) is 0 Å². The quantitative estimate of drug-likeness (QED) is 0.437. The van der Waals surface area contributed by atoms with E-state index in [0.29, 0.717) is 5.92 Å². The number of methoxy groups -OCH3 is 1. The molecule has 7 heavy (non-hydrogen) atoms. The Morgan fingerprint density at radius 3 is 2.57 bits per heavy atom. The molecule has 1 heterocycles. The molecule has 1 aliphatic heterocycles. The van der Waals surface area contributed by atoms with Crippen molar-refractivity contribution in [1.29, 1.82) is 0 Å². The van der Waals surface area contributed by atoms with Gasteiger partial charge in [0.2, 0.25) is 0 Å². The van der Waals surface area contributed by atoms with Gasteiger partial charge in [-0.15, -0.1) is 0 Å². The molecule has 0 spiro atoms. The third-order valence-corrected chi connectivity index (χ3v) is 1.15. The fraction of sp³-hybridized carbons (Fsp3) is 0.800. The molecule has 0 radical (unpaired) electrons. The van der Waals surface area contributed by atoms with Crippen LogP contribution in [0, 0.1) is 5.92 Å². The van der Waals surface area contributed by atoms with E-state index in [4.69, 9.17) is 4.74 Å². The molecule has 40 valence electrons. The van der Waals surface area contributed by atoms with E-state index in [9.17, 15) is 0 Å². The molecule has 2 nitrogen and oxygen atoms in total. The lowest BCUT2D eigenvalue weighted by Gasteiger charge is -2.18. The van der Waals surface area contributed by atoms with Gasteiger partial charge in [-0.3, -0.25) is 4.99 Å². The van der Waals surface area contributed by atoms with E-state index in [2.05, 4.69) is 11.9 Å². The molecule has 0 aromatic rings. The van der Waals surface area contributed by atoms with Gasteiger partial charge in [-0.2, -0.15) is 0 Å². The summed E-state index contributed by atoms with van der Waals surface area (Å²) in [5, 5.41) is 0. The van der Waals surface area contributed by atoms with E-state index >= 15 is 0 Å². The van der Waals surface area contributed by atoms with Crippen molar-refractivity contribution in [2.24, 2.45) is 10.9 Å². The first-order chi connectivity index (χ1) is 3.34. The van der Waals surface area contributed by atoms with E-state index in [1.165, 1.54) is 0 Å². The molecule has 0 aromatic heterocycles. The van der Waals surface area contributed by atoms with Crippen LogP contribution in [-0.2, 0) is 4.74 Å². The molecule has 1 aliphatic rings. The summed E-state index contributed by atoms with van der Waals surface area (Å²) in [6.07, 6.45) is 0. The Kier molecular flexibility index (Phi) is 1.01. The maximum Gasteiger partial charge on any atom is 0.187 e. The van der Waals surface area contributed by atoms with Crippen molar-refractivity contribution in [2.45, 2.75) is 6.92 Å².